The highest BCUT2D eigenvalue weighted by Gasteiger charge is 2.04. The molecule has 0 saturated carbocycles. The van der Waals surface area contributed by atoms with E-state index in [2.05, 4.69) is 4.98 Å². The minimum absolute atomic E-state index is 0.178. The van der Waals surface area contributed by atoms with Crippen molar-refractivity contribution >= 4 is 27.5 Å². The zero-order valence-electron chi connectivity index (χ0n) is 8.00. The van der Waals surface area contributed by atoms with Crippen LogP contribution in [0.5, 0.6) is 0 Å². The molecule has 2 aromatic rings. The second-order valence-electron chi connectivity index (χ2n) is 2.95. The van der Waals surface area contributed by atoms with E-state index in [1.165, 1.54) is 7.11 Å². The van der Waals surface area contributed by atoms with E-state index < -0.39 is 0 Å². The summed E-state index contributed by atoms with van der Waals surface area (Å²) >= 11 is 1.66. The number of nitrogens with zero attached hydrogens (tertiary/aromatic N) is 1. The van der Waals surface area contributed by atoms with E-state index in [1.54, 1.807) is 11.3 Å². The van der Waals surface area contributed by atoms with Crippen molar-refractivity contribution in [2.75, 3.05) is 7.11 Å². The van der Waals surface area contributed by atoms with Gasteiger partial charge in [0.15, 0.2) is 0 Å². The van der Waals surface area contributed by atoms with E-state index >= 15 is 0 Å². The first kappa shape index (κ1) is 9.15. The van der Waals surface area contributed by atoms with Gasteiger partial charge in [0.2, 0.25) is 5.90 Å². The van der Waals surface area contributed by atoms with Crippen LogP contribution in [0.3, 0.4) is 0 Å². The van der Waals surface area contributed by atoms with Crippen LogP contribution in [0.2, 0.25) is 0 Å². The Kier molecular flexibility index (Phi) is 2.21. The summed E-state index contributed by atoms with van der Waals surface area (Å²) in [5.74, 6) is 0.178. The Labute approximate surface area is 85.9 Å². The zero-order valence-corrected chi connectivity index (χ0v) is 8.81. The van der Waals surface area contributed by atoms with Gasteiger partial charge in [0.1, 0.15) is 0 Å². The predicted molar refractivity (Wildman–Crippen MR) is 58.2 cm³/mol. The van der Waals surface area contributed by atoms with E-state index in [9.17, 15) is 0 Å². The molecule has 1 N–H and O–H groups in total. The van der Waals surface area contributed by atoms with Crippen LogP contribution in [0.4, 0.5) is 0 Å². The Morgan fingerprint density at radius 2 is 2.29 bits per heavy atom. The summed E-state index contributed by atoms with van der Waals surface area (Å²) in [6.07, 6.45) is 0. The molecule has 0 bridgehead atoms. The molecule has 0 aliphatic carbocycles. The Bertz CT molecular complexity index is 490. The second-order valence-corrected chi connectivity index (χ2v) is 4.18. The summed E-state index contributed by atoms with van der Waals surface area (Å²) in [6.45, 7) is 1.98. The van der Waals surface area contributed by atoms with E-state index in [0.29, 0.717) is 0 Å². The molecule has 0 saturated heterocycles. The zero-order chi connectivity index (χ0) is 10.1. The summed E-state index contributed by atoms with van der Waals surface area (Å²) in [7, 11) is 1.50. The molecule has 0 spiro atoms. The molecule has 1 aromatic heterocycles. The van der Waals surface area contributed by atoms with Crippen molar-refractivity contribution in [1.29, 1.82) is 5.41 Å². The Balaban J connectivity index is 2.55. The number of aromatic nitrogens is 1. The molecule has 0 aliphatic heterocycles. The van der Waals surface area contributed by atoms with E-state index in [4.69, 9.17) is 10.1 Å². The molecule has 4 heteroatoms. The van der Waals surface area contributed by atoms with Crippen molar-refractivity contribution in [3.8, 4) is 0 Å². The third-order valence-electron chi connectivity index (χ3n) is 1.96. The average molecular weight is 206 g/mol. The highest BCUT2D eigenvalue weighted by molar-refractivity contribution is 7.18. The number of hydrogen-bond donors (Lipinski definition) is 1. The molecule has 2 rings (SSSR count). The monoisotopic (exact) mass is 206 g/mol. The fourth-order valence-electron chi connectivity index (χ4n) is 1.30. The van der Waals surface area contributed by atoms with E-state index in [1.807, 2.05) is 25.1 Å². The highest BCUT2D eigenvalue weighted by Crippen LogP contribution is 2.22. The van der Waals surface area contributed by atoms with Crippen LogP contribution in [0.15, 0.2) is 18.2 Å². The average Bonchev–Trinajstić information content (AvgIpc) is 2.55. The molecule has 0 aliphatic rings. The second kappa shape index (κ2) is 3.38. The van der Waals surface area contributed by atoms with Gasteiger partial charge in [-0.15, -0.1) is 11.3 Å². The Morgan fingerprint density at radius 1 is 1.50 bits per heavy atom. The van der Waals surface area contributed by atoms with Crippen molar-refractivity contribution in [2.24, 2.45) is 0 Å². The van der Waals surface area contributed by atoms with Crippen molar-refractivity contribution < 1.29 is 4.74 Å². The van der Waals surface area contributed by atoms with Crippen molar-refractivity contribution in [3.05, 3.63) is 28.8 Å². The number of aryl methyl sites for hydroxylation is 1. The Hall–Kier alpha value is -1.42. The lowest BCUT2D eigenvalue weighted by molar-refractivity contribution is 0.401. The molecule has 0 amide bonds. The van der Waals surface area contributed by atoms with Gasteiger partial charge in [0, 0.05) is 5.56 Å². The van der Waals surface area contributed by atoms with Gasteiger partial charge in [0.05, 0.1) is 22.3 Å². The quantitative estimate of drug-likeness (QED) is 0.575. The first-order valence-electron chi connectivity index (χ1n) is 4.21. The molecular weight excluding hydrogens is 196 g/mol. The van der Waals surface area contributed by atoms with Gasteiger partial charge in [-0.1, -0.05) is 0 Å². The first-order chi connectivity index (χ1) is 6.70. The summed E-state index contributed by atoms with van der Waals surface area (Å²) in [4.78, 5) is 4.36. The van der Waals surface area contributed by atoms with Crippen LogP contribution >= 0.6 is 11.3 Å². The lowest BCUT2D eigenvalue weighted by atomic mass is 10.2. The summed E-state index contributed by atoms with van der Waals surface area (Å²) < 4.78 is 6.00. The molecular formula is C10H10N2OS. The molecule has 1 aromatic carbocycles. The number of benzene rings is 1. The van der Waals surface area contributed by atoms with Gasteiger partial charge in [-0.2, -0.15) is 0 Å². The number of thiazole rings is 1. The molecule has 0 fully saturated rings. The standard InChI is InChI=1S/C10H10N2OS/c1-6-12-8-5-7(10(11)13-2)3-4-9(8)14-6/h3-5,11H,1-2H3. The van der Waals surface area contributed by atoms with Crippen LogP contribution in [0.25, 0.3) is 10.2 Å². The topological polar surface area (TPSA) is 46.0 Å². The summed E-state index contributed by atoms with van der Waals surface area (Å²) in [6, 6.07) is 5.74. The fraction of sp³-hybridized carbons (Fsp3) is 0.200. The normalized spacial score (nSPS) is 10.4. The van der Waals surface area contributed by atoms with Crippen LogP contribution < -0.4 is 0 Å². The molecule has 0 radical (unpaired) electrons. The van der Waals surface area contributed by atoms with Gasteiger partial charge in [0.25, 0.3) is 0 Å². The maximum Gasteiger partial charge on any atom is 0.212 e. The molecule has 72 valence electrons. The highest BCUT2D eigenvalue weighted by atomic mass is 32.1. The third kappa shape index (κ3) is 1.48. The van der Waals surface area contributed by atoms with Crippen LogP contribution in [-0.2, 0) is 4.74 Å². The van der Waals surface area contributed by atoms with Crippen molar-refractivity contribution in [2.45, 2.75) is 6.92 Å². The fourth-order valence-corrected chi connectivity index (χ4v) is 2.11. The minimum Gasteiger partial charge on any atom is -0.481 e. The number of rotatable bonds is 1. The van der Waals surface area contributed by atoms with E-state index in [-0.39, 0.29) is 5.90 Å². The first-order valence-corrected chi connectivity index (χ1v) is 5.02. The summed E-state index contributed by atoms with van der Waals surface area (Å²) in [5, 5.41) is 8.56. The third-order valence-corrected chi connectivity index (χ3v) is 2.91. The number of hydrogen-bond acceptors (Lipinski definition) is 4. The maximum atomic E-state index is 7.51. The maximum absolute atomic E-state index is 7.51. The molecule has 3 nitrogen and oxygen atoms in total. The molecule has 14 heavy (non-hydrogen) atoms. The summed E-state index contributed by atoms with van der Waals surface area (Å²) in [5.41, 5.74) is 1.71. The van der Waals surface area contributed by atoms with Gasteiger partial charge in [-0.25, -0.2) is 4.98 Å². The van der Waals surface area contributed by atoms with E-state index in [0.717, 1.165) is 20.8 Å². The number of ether oxygens (including phenoxy) is 1. The largest absolute Gasteiger partial charge is 0.481 e. The lowest BCUT2D eigenvalue weighted by Gasteiger charge is -2.00. The van der Waals surface area contributed by atoms with Crippen molar-refractivity contribution in [3.63, 3.8) is 0 Å². The number of methoxy groups -OCH3 is 1. The number of nitrogens with one attached hydrogen (secondary N) is 1. The minimum atomic E-state index is 0.178. The lowest BCUT2D eigenvalue weighted by Crippen LogP contribution is -2.00. The van der Waals surface area contributed by atoms with Crippen LogP contribution in [0.1, 0.15) is 10.6 Å². The van der Waals surface area contributed by atoms with Gasteiger partial charge in [-0.05, 0) is 25.1 Å². The van der Waals surface area contributed by atoms with Gasteiger partial charge < -0.3 is 4.74 Å². The Morgan fingerprint density at radius 3 is 3.00 bits per heavy atom. The predicted octanol–water partition coefficient (Wildman–Crippen LogP) is 2.58. The van der Waals surface area contributed by atoms with Crippen LogP contribution in [0, 0.1) is 12.3 Å². The SMILES string of the molecule is COC(=N)c1ccc2sc(C)nc2c1. The van der Waals surface area contributed by atoms with Crippen LogP contribution in [-0.4, -0.2) is 18.0 Å². The molecule has 0 unspecified atom stereocenters. The smallest absolute Gasteiger partial charge is 0.212 e. The molecule has 0 atom stereocenters. The molecule has 1 heterocycles. The van der Waals surface area contributed by atoms with Gasteiger partial charge in [-0.3, -0.25) is 5.41 Å². The van der Waals surface area contributed by atoms with Gasteiger partial charge >= 0.3 is 0 Å². The number of fused-ring (bicyclic) bond motifs is 1. The van der Waals surface area contributed by atoms with Crippen molar-refractivity contribution in [1.82, 2.24) is 4.98 Å².